The number of aromatic hydroxyl groups is 1. The minimum absolute atomic E-state index is 0.00783. The fraction of sp³-hybridized carbons (Fsp3) is 0.294. The number of phenolic OH excluding ortho intramolecular Hbond substituents is 1. The molecule has 0 radical (unpaired) electrons. The Morgan fingerprint density at radius 3 is 2.86 bits per heavy atom. The number of aryl methyl sites for hydroxylation is 1. The molecular formula is C17H18FNO2. The topological polar surface area (TPSA) is 41.5 Å². The van der Waals surface area contributed by atoms with E-state index in [1.807, 2.05) is 19.1 Å². The summed E-state index contributed by atoms with van der Waals surface area (Å²) >= 11 is 0. The summed E-state index contributed by atoms with van der Waals surface area (Å²) in [6.07, 6.45) is 0. The van der Waals surface area contributed by atoms with Crippen LogP contribution in [0.2, 0.25) is 0 Å². The van der Waals surface area contributed by atoms with Crippen molar-refractivity contribution in [3.8, 4) is 11.5 Å². The lowest BCUT2D eigenvalue weighted by Gasteiger charge is -2.19. The molecule has 110 valence electrons. The highest BCUT2D eigenvalue weighted by Crippen LogP contribution is 2.36. The van der Waals surface area contributed by atoms with Crippen LogP contribution in [0, 0.1) is 12.7 Å². The summed E-state index contributed by atoms with van der Waals surface area (Å²) in [6, 6.07) is 10.5. The van der Waals surface area contributed by atoms with Crippen molar-refractivity contribution in [1.29, 1.82) is 0 Å². The molecule has 0 aliphatic carbocycles. The van der Waals surface area contributed by atoms with E-state index in [9.17, 15) is 9.50 Å². The van der Waals surface area contributed by atoms with Gasteiger partial charge in [-0.2, -0.15) is 0 Å². The van der Waals surface area contributed by atoms with Crippen LogP contribution in [0.4, 0.5) is 4.39 Å². The van der Waals surface area contributed by atoms with E-state index in [1.54, 1.807) is 31.2 Å². The molecule has 2 atom stereocenters. The minimum Gasteiger partial charge on any atom is -0.508 e. The van der Waals surface area contributed by atoms with Crippen molar-refractivity contribution in [3.63, 3.8) is 0 Å². The Hall–Kier alpha value is -2.07. The van der Waals surface area contributed by atoms with Gasteiger partial charge in [-0.1, -0.05) is 12.1 Å². The fourth-order valence-corrected chi connectivity index (χ4v) is 2.61. The summed E-state index contributed by atoms with van der Waals surface area (Å²) in [4.78, 5) is 0. The van der Waals surface area contributed by atoms with E-state index >= 15 is 0 Å². The first kappa shape index (κ1) is 13.9. The van der Waals surface area contributed by atoms with E-state index in [0.29, 0.717) is 17.9 Å². The molecular weight excluding hydrogens is 269 g/mol. The lowest BCUT2D eigenvalue weighted by molar-refractivity contribution is 0.300. The van der Waals surface area contributed by atoms with Crippen LogP contribution in [0.1, 0.15) is 35.7 Å². The van der Waals surface area contributed by atoms with Gasteiger partial charge in [-0.05, 0) is 43.2 Å². The Balaban J connectivity index is 1.77. The van der Waals surface area contributed by atoms with Gasteiger partial charge in [-0.25, -0.2) is 4.39 Å². The van der Waals surface area contributed by atoms with Crippen LogP contribution in [0.3, 0.4) is 0 Å². The number of rotatable bonds is 3. The number of ether oxygens (including phenoxy) is 1. The summed E-state index contributed by atoms with van der Waals surface area (Å²) in [5, 5.41) is 12.9. The number of hydrogen-bond acceptors (Lipinski definition) is 3. The molecule has 21 heavy (non-hydrogen) atoms. The molecule has 1 aliphatic heterocycles. The number of halogens is 1. The Morgan fingerprint density at radius 1 is 1.29 bits per heavy atom. The molecule has 2 aromatic carbocycles. The van der Waals surface area contributed by atoms with E-state index in [4.69, 9.17) is 4.74 Å². The number of benzene rings is 2. The van der Waals surface area contributed by atoms with E-state index in [2.05, 4.69) is 5.32 Å². The van der Waals surface area contributed by atoms with Gasteiger partial charge >= 0.3 is 0 Å². The van der Waals surface area contributed by atoms with Gasteiger partial charge in [-0.3, -0.25) is 0 Å². The monoisotopic (exact) mass is 287 g/mol. The minimum atomic E-state index is -0.186. The Kier molecular flexibility index (Phi) is 3.55. The first-order chi connectivity index (χ1) is 10.0. The molecule has 2 unspecified atom stereocenters. The van der Waals surface area contributed by atoms with Crippen molar-refractivity contribution in [2.45, 2.75) is 25.9 Å². The van der Waals surface area contributed by atoms with Gasteiger partial charge in [-0.15, -0.1) is 0 Å². The lowest BCUT2D eigenvalue weighted by atomic mass is 10.0. The third-order valence-corrected chi connectivity index (χ3v) is 3.93. The maximum absolute atomic E-state index is 13.7. The van der Waals surface area contributed by atoms with Crippen molar-refractivity contribution in [1.82, 2.24) is 5.32 Å². The van der Waals surface area contributed by atoms with E-state index in [-0.39, 0.29) is 23.7 Å². The standard InChI is InChI=1S/C17H18FNO2/c1-10-3-4-12(7-15(10)18)11(2)19-16-9-21-17-8-13(20)5-6-14(16)17/h3-8,11,16,19-20H,9H2,1-2H3. The number of hydrogen-bond donors (Lipinski definition) is 2. The maximum atomic E-state index is 13.7. The second-order valence-corrected chi connectivity index (χ2v) is 5.48. The van der Waals surface area contributed by atoms with Gasteiger partial charge in [0.2, 0.25) is 0 Å². The maximum Gasteiger partial charge on any atom is 0.127 e. The molecule has 0 fully saturated rings. The molecule has 0 spiro atoms. The predicted molar refractivity (Wildman–Crippen MR) is 79.0 cm³/mol. The zero-order chi connectivity index (χ0) is 15.0. The third kappa shape index (κ3) is 2.72. The number of phenols is 1. The average molecular weight is 287 g/mol. The zero-order valence-corrected chi connectivity index (χ0v) is 12.1. The van der Waals surface area contributed by atoms with Crippen molar-refractivity contribution in [2.75, 3.05) is 6.61 Å². The average Bonchev–Trinajstić information content (AvgIpc) is 2.84. The largest absolute Gasteiger partial charge is 0.508 e. The van der Waals surface area contributed by atoms with Crippen molar-refractivity contribution in [2.24, 2.45) is 0 Å². The van der Waals surface area contributed by atoms with Crippen LogP contribution < -0.4 is 10.1 Å². The Bertz CT molecular complexity index is 672. The number of fused-ring (bicyclic) bond motifs is 1. The Labute approximate surface area is 123 Å². The molecule has 1 aliphatic rings. The van der Waals surface area contributed by atoms with E-state index in [0.717, 1.165) is 11.1 Å². The van der Waals surface area contributed by atoms with Crippen LogP contribution in [-0.4, -0.2) is 11.7 Å². The fourth-order valence-electron chi connectivity index (χ4n) is 2.61. The van der Waals surface area contributed by atoms with Crippen LogP contribution in [0.5, 0.6) is 11.5 Å². The molecule has 0 bridgehead atoms. The van der Waals surface area contributed by atoms with Gasteiger partial charge in [0, 0.05) is 17.7 Å². The first-order valence-electron chi connectivity index (χ1n) is 7.02. The predicted octanol–water partition coefficient (Wildman–Crippen LogP) is 3.62. The molecule has 2 N–H and O–H groups in total. The van der Waals surface area contributed by atoms with Gasteiger partial charge in [0.25, 0.3) is 0 Å². The molecule has 0 aromatic heterocycles. The van der Waals surface area contributed by atoms with Crippen molar-refractivity contribution < 1.29 is 14.2 Å². The van der Waals surface area contributed by atoms with Gasteiger partial charge in [0.1, 0.15) is 23.9 Å². The van der Waals surface area contributed by atoms with Crippen LogP contribution in [0.15, 0.2) is 36.4 Å². The highest BCUT2D eigenvalue weighted by Gasteiger charge is 2.26. The quantitative estimate of drug-likeness (QED) is 0.906. The highest BCUT2D eigenvalue weighted by atomic mass is 19.1. The molecule has 0 saturated heterocycles. The molecule has 3 nitrogen and oxygen atoms in total. The van der Waals surface area contributed by atoms with Crippen molar-refractivity contribution >= 4 is 0 Å². The van der Waals surface area contributed by atoms with Crippen LogP contribution in [0.25, 0.3) is 0 Å². The normalized spacial score (nSPS) is 18.1. The second-order valence-electron chi connectivity index (χ2n) is 5.48. The number of nitrogens with one attached hydrogen (secondary N) is 1. The molecule has 3 rings (SSSR count). The van der Waals surface area contributed by atoms with Gasteiger partial charge in [0.05, 0.1) is 6.04 Å². The van der Waals surface area contributed by atoms with E-state index < -0.39 is 0 Å². The molecule has 0 amide bonds. The van der Waals surface area contributed by atoms with Crippen LogP contribution in [-0.2, 0) is 0 Å². The molecule has 1 heterocycles. The smallest absolute Gasteiger partial charge is 0.127 e. The van der Waals surface area contributed by atoms with Gasteiger partial charge < -0.3 is 15.2 Å². The van der Waals surface area contributed by atoms with E-state index in [1.165, 1.54) is 0 Å². The van der Waals surface area contributed by atoms with Crippen molar-refractivity contribution in [3.05, 3.63) is 58.9 Å². The zero-order valence-electron chi connectivity index (χ0n) is 12.1. The summed E-state index contributed by atoms with van der Waals surface area (Å²) in [5.41, 5.74) is 2.58. The third-order valence-electron chi connectivity index (χ3n) is 3.93. The first-order valence-corrected chi connectivity index (χ1v) is 7.02. The second kappa shape index (κ2) is 5.37. The molecule has 0 saturated carbocycles. The summed E-state index contributed by atoms with van der Waals surface area (Å²) < 4.78 is 19.2. The SMILES string of the molecule is Cc1ccc(C(C)NC2COc3cc(O)ccc32)cc1F. The van der Waals surface area contributed by atoms with Gasteiger partial charge in [0.15, 0.2) is 0 Å². The highest BCUT2D eigenvalue weighted by molar-refractivity contribution is 5.44. The molecule has 2 aromatic rings. The molecule has 4 heteroatoms. The Morgan fingerprint density at radius 2 is 2.10 bits per heavy atom. The summed E-state index contributed by atoms with van der Waals surface area (Å²) in [5.74, 6) is 0.715. The summed E-state index contributed by atoms with van der Waals surface area (Å²) in [6.45, 7) is 4.27. The summed E-state index contributed by atoms with van der Waals surface area (Å²) in [7, 11) is 0. The lowest BCUT2D eigenvalue weighted by Crippen LogP contribution is -2.25. The van der Waals surface area contributed by atoms with Crippen LogP contribution >= 0.6 is 0 Å².